The summed E-state index contributed by atoms with van der Waals surface area (Å²) in [4.78, 5) is 10.8. The lowest BCUT2D eigenvalue weighted by Gasteiger charge is -2.47. The molecule has 4 rings (SSSR count). The quantitative estimate of drug-likeness (QED) is 0.477. The molecule has 0 aromatic carbocycles. The molecule has 2 bridgehead atoms. The Morgan fingerprint density at radius 1 is 0.955 bits per heavy atom. The molecule has 0 aromatic rings. The van der Waals surface area contributed by atoms with Gasteiger partial charge < -0.3 is 0 Å². The molecule has 2 heterocycles. The van der Waals surface area contributed by atoms with Crippen LogP contribution in [0, 0.1) is 11.8 Å². The van der Waals surface area contributed by atoms with Crippen molar-refractivity contribution in [2.45, 2.75) is 78.4 Å². The third kappa shape index (κ3) is 3.91. The van der Waals surface area contributed by atoms with Crippen LogP contribution in [-0.2, 0) is 9.78 Å². The lowest BCUT2D eigenvalue weighted by molar-refractivity contribution is -0.431. The summed E-state index contributed by atoms with van der Waals surface area (Å²) in [5, 5.41) is 0. The van der Waals surface area contributed by atoms with Gasteiger partial charge in [0.25, 0.3) is 0 Å². The standard InChI is InChI=1S/C10H16O2.C10H16/c1-8(2)10-6-4-9(3,5-7-10)11-12-10;1-8(2)10-6-4-9(3)5-7-10/h4,6,8H,5,7H2,1-3H3;4,6,8H,5,7H2,1-3H3. The molecular weight excluding hydrogens is 272 g/mol. The minimum absolute atomic E-state index is 0.141. The molecule has 2 atom stereocenters. The van der Waals surface area contributed by atoms with Crippen molar-refractivity contribution in [3.8, 4) is 0 Å². The Bertz CT molecular complexity index is 472. The van der Waals surface area contributed by atoms with Crippen molar-refractivity contribution in [2.75, 3.05) is 0 Å². The Morgan fingerprint density at radius 3 is 2.05 bits per heavy atom. The lowest BCUT2D eigenvalue weighted by Crippen LogP contribution is -2.50. The summed E-state index contributed by atoms with van der Waals surface area (Å²) in [5.74, 6) is 1.22. The van der Waals surface area contributed by atoms with Crippen LogP contribution < -0.4 is 0 Å². The monoisotopic (exact) mass is 304 g/mol. The Balaban J connectivity index is 0.000000164. The van der Waals surface area contributed by atoms with E-state index in [1.54, 1.807) is 5.57 Å². The molecular formula is C20H32O2. The second-order valence-corrected chi connectivity index (χ2v) is 7.83. The molecule has 0 spiro atoms. The zero-order valence-corrected chi connectivity index (χ0v) is 15.1. The lowest BCUT2D eigenvalue weighted by atomic mass is 9.76. The van der Waals surface area contributed by atoms with Crippen LogP contribution in [0.25, 0.3) is 0 Å². The van der Waals surface area contributed by atoms with Gasteiger partial charge in [-0.05, 0) is 51.4 Å². The highest BCUT2D eigenvalue weighted by atomic mass is 17.2. The first-order valence-corrected chi connectivity index (χ1v) is 8.70. The van der Waals surface area contributed by atoms with E-state index in [1.165, 1.54) is 18.4 Å². The first-order valence-electron chi connectivity index (χ1n) is 8.70. The summed E-state index contributed by atoms with van der Waals surface area (Å²) in [6.45, 7) is 13.1. The van der Waals surface area contributed by atoms with Gasteiger partial charge in [0, 0.05) is 0 Å². The van der Waals surface area contributed by atoms with Crippen LogP contribution in [0.1, 0.15) is 67.2 Å². The van der Waals surface area contributed by atoms with E-state index in [-0.39, 0.29) is 11.2 Å². The SMILES string of the molecule is CC(C)C12C=CC(C)(CC1)OO2.CC1=CC=C(C(C)C)CC1. The van der Waals surface area contributed by atoms with Gasteiger partial charge >= 0.3 is 0 Å². The zero-order valence-electron chi connectivity index (χ0n) is 15.1. The summed E-state index contributed by atoms with van der Waals surface area (Å²) < 4.78 is 0. The van der Waals surface area contributed by atoms with Crippen molar-refractivity contribution in [2.24, 2.45) is 11.8 Å². The van der Waals surface area contributed by atoms with E-state index in [0.29, 0.717) is 5.92 Å². The summed E-state index contributed by atoms with van der Waals surface area (Å²) in [7, 11) is 0. The number of hydrogen-bond acceptors (Lipinski definition) is 2. The number of fused-ring (bicyclic) bond motifs is 2. The minimum atomic E-state index is -0.156. The molecule has 2 aliphatic carbocycles. The Kier molecular flexibility index (Phi) is 5.34. The van der Waals surface area contributed by atoms with Gasteiger partial charge in [-0.1, -0.05) is 63.1 Å². The maximum absolute atomic E-state index is 5.44. The van der Waals surface area contributed by atoms with E-state index in [2.05, 4.69) is 65.8 Å². The molecule has 0 saturated carbocycles. The molecule has 22 heavy (non-hydrogen) atoms. The second-order valence-electron chi connectivity index (χ2n) is 7.83. The highest BCUT2D eigenvalue weighted by molar-refractivity contribution is 5.23. The Hall–Kier alpha value is -0.860. The molecule has 0 N–H and O–H groups in total. The molecule has 0 aromatic heterocycles. The Labute approximate surface area is 136 Å². The molecule has 4 aliphatic rings. The highest BCUT2D eigenvalue weighted by Crippen LogP contribution is 2.44. The molecule has 0 radical (unpaired) electrons. The molecule has 2 nitrogen and oxygen atoms in total. The predicted molar refractivity (Wildman–Crippen MR) is 92.4 cm³/mol. The van der Waals surface area contributed by atoms with Crippen molar-refractivity contribution in [3.05, 3.63) is 35.5 Å². The first-order chi connectivity index (χ1) is 10.3. The second kappa shape index (κ2) is 6.72. The third-order valence-corrected chi connectivity index (χ3v) is 5.23. The van der Waals surface area contributed by atoms with Crippen LogP contribution >= 0.6 is 0 Å². The van der Waals surface area contributed by atoms with Crippen LogP contribution in [0.15, 0.2) is 35.5 Å². The average Bonchev–Trinajstić information content (AvgIpc) is 2.49. The number of allylic oxidation sites excluding steroid dienone is 4. The Morgan fingerprint density at radius 2 is 1.68 bits per heavy atom. The van der Waals surface area contributed by atoms with Crippen molar-refractivity contribution in [3.63, 3.8) is 0 Å². The van der Waals surface area contributed by atoms with Gasteiger partial charge in [0.15, 0.2) is 0 Å². The highest BCUT2D eigenvalue weighted by Gasteiger charge is 2.47. The first kappa shape index (κ1) is 17.5. The summed E-state index contributed by atoms with van der Waals surface area (Å²) in [6, 6.07) is 0. The van der Waals surface area contributed by atoms with E-state index < -0.39 is 0 Å². The van der Waals surface area contributed by atoms with Crippen molar-refractivity contribution < 1.29 is 9.78 Å². The van der Waals surface area contributed by atoms with Gasteiger partial charge in [-0.15, -0.1) is 0 Å². The van der Waals surface area contributed by atoms with Crippen LogP contribution in [0.4, 0.5) is 0 Å². The summed E-state index contributed by atoms with van der Waals surface area (Å²) in [5.41, 5.74) is 2.82. The summed E-state index contributed by atoms with van der Waals surface area (Å²) >= 11 is 0. The largest absolute Gasteiger partial charge is 0.225 e. The number of hydrogen-bond donors (Lipinski definition) is 0. The maximum atomic E-state index is 5.44. The van der Waals surface area contributed by atoms with Crippen molar-refractivity contribution in [1.29, 1.82) is 0 Å². The number of rotatable bonds is 2. The van der Waals surface area contributed by atoms with Crippen LogP contribution in [-0.4, -0.2) is 11.2 Å². The smallest absolute Gasteiger partial charge is 0.124 e. The summed E-state index contributed by atoms with van der Waals surface area (Å²) in [6.07, 6.45) is 13.5. The topological polar surface area (TPSA) is 18.5 Å². The predicted octanol–water partition coefficient (Wildman–Crippen LogP) is 5.76. The average molecular weight is 304 g/mol. The van der Waals surface area contributed by atoms with Crippen LogP contribution in [0.2, 0.25) is 0 Å². The van der Waals surface area contributed by atoms with Crippen LogP contribution in [0.3, 0.4) is 0 Å². The third-order valence-electron chi connectivity index (χ3n) is 5.23. The molecule has 1 fully saturated rings. The molecule has 2 heteroatoms. The normalized spacial score (nSPS) is 33.5. The van der Waals surface area contributed by atoms with Gasteiger partial charge in [-0.3, -0.25) is 0 Å². The van der Waals surface area contributed by atoms with Gasteiger partial charge in [0.05, 0.1) is 0 Å². The van der Waals surface area contributed by atoms with Gasteiger partial charge in [-0.2, -0.15) is 0 Å². The molecule has 0 amide bonds. The zero-order chi connectivity index (χ0) is 16.4. The fourth-order valence-corrected chi connectivity index (χ4v) is 3.06. The van der Waals surface area contributed by atoms with E-state index in [1.807, 2.05) is 0 Å². The minimum Gasteiger partial charge on any atom is -0.225 e. The molecule has 124 valence electrons. The van der Waals surface area contributed by atoms with E-state index in [0.717, 1.165) is 18.8 Å². The fraction of sp³-hybridized carbons (Fsp3) is 0.700. The van der Waals surface area contributed by atoms with Crippen molar-refractivity contribution in [1.82, 2.24) is 0 Å². The molecule has 1 saturated heterocycles. The van der Waals surface area contributed by atoms with Gasteiger partial charge in [0.1, 0.15) is 11.2 Å². The van der Waals surface area contributed by atoms with E-state index in [9.17, 15) is 0 Å². The van der Waals surface area contributed by atoms with Gasteiger partial charge in [-0.25, -0.2) is 9.78 Å². The van der Waals surface area contributed by atoms with Crippen molar-refractivity contribution >= 4 is 0 Å². The van der Waals surface area contributed by atoms with E-state index >= 15 is 0 Å². The van der Waals surface area contributed by atoms with E-state index in [4.69, 9.17) is 9.78 Å². The maximum Gasteiger partial charge on any atom is 0.124 e. The van der Waals surface area contributed by atoms with Crippen LogP contribution in [0.5, 0.6) is 0 Å². The fourth-order valence-electron chi connectivity index (χ4n) is 3.06. The molecule has 2 unspecified atom stereocenters. The molecule has 2 aliphatic heterocycles. The van der Waals surface area contributed by atoms with Gasteiger partial charge in [0.2, 0.25) is 0 Å².